The highest BCUT2D eigenvalue weighted by molar-refractivity contribution is 5.59. The first-order valence-electron chi connectivity index (χ1n) is 9.52. The van der Waals surface area contributed by atoms with Gasteiger partial charge in [0.15, 0.2) is 5.69 Å². The Hall–Kier alpha value is -3.00. The van der Waals surface area contributed by atoms with Crippen molar-refractivity contribution in [2.24, 2.45) is 0 Å². The van der Waals surface area contributed by atoms with E-state index in [2.05, 4.69) is 44.4 Å². The molecule has 2 aromatic heterocycles. The van der Waals surface area contributed by atoms with Crippen LogP contribution in [-0.4, -0.2) is 58.5 Å². The van der Waals surface area contributed by atoms with E-state index < -0.39 is 0 Å². The van der Waals surface area contributed by atoms with Crippen molar-refractivity contribution in [3.8, 4) is 28.7 Å². The molecular formula is C20H26N6O2. The van der Waals surface area contributed by atoms with E-state index in [1.54, 1.807) is 7.11 Å². The van der Waals surface area contributed by atoms with Crippen molar-refractivity contribution in [1.82, 2.24) is 25.2 Å². The van der Waals surface area contributed by atoms with Gasteiger partial charge in [-0.3, -0.25) is 0 Å². The number of anilines is 1. The van der Waals surface area contributed by atoms with Gasteiger partial charge in [-0.1, -0.05) is 19.0 Å². The zero-order chi connectivity index (χ0) is 19.8. The molecule has 0 fully saturated rings. The van der Waals surface area contributed by atoms with Gasteiger partial charge in [0.25, 0.3) is 5.89 Å². The van der Waals surface area contributed by atoms with Crippen molar-refractivity contribution in [3.63, 3.8) is 0 Å². The van der Waals surface area contributed by atoms with Gasteiger partial charge < -0.3 is 19.5 Å². The monoisotopic (exact) mass is 382 g/mol. The molecular weight excluding hydrogens is 356 g/mol. The molecule has 0 saturated carbocycles. The van der Waals surface area contributed by atoms with Crippen LogP contribution in [0.25, 0.3) is 23.0 Å². The van der Waals surface area contributed by atoms with Crippen molar-refractivity contribution in [3.05, 3.63) is 36.4 Å². The van der Waals surface area contributed by atoms with E-state index in [0.717, 1.165) is 49.7 Å². The van der Waals surface area contributed by atoms with Crippen molar-refractivity contribution in [2.45, 2.75) is 20.3 Å². The van der Waals surface area contributed by atoms with Crippen molar-refractivity contribution < 1.29 is 9.26 Å². The molecule has 3 aromatic rings. The summed E-state index contributed by atoms with van der Waals surface area (Å²) in [4.78, 5) is 6.80. The van der Waals surface area contributed by atoms with Crippen LogP contribution >= 0.6 is 0 Å². The first-order valence-corrected chi connectivity index (χ1v) is 9.52. The first kappa shape index (κ1) is 19.8. The summed E-state index contributed by atoms with van der Waals surface area (Å²) < 4.78 is 10.5. The van der Waals surface area contributed by atoms with E-state index in [1.807, 2.05) is 36.4 Å². The zero-order valence-corrected chi connectivity index (χ0v) is 16.6. The average Bonchev–Trinajstić information content (AvgIpc) is 3.24. The van der Waals surface area contributed by atoms with Crippen LogP contribution in [0.3, 0.4) is 0 Å². The number of hydrogen-bond acceptors (Lipinski definition) is 8. The van der Waals surface area contributed by atoms with Crippen LogP contribution in [-0.2, 0) is 0 Å². The average molecular weight is 382 g/mol. The van der Waals surface area contributed by atoms with E-state index in [4.69, 9.17) is 9.26 Å². The molecule has 0 unspecified atom stereocenters. The van der Waals surface area contributed by atoms with Crippen LogP contribution in [0.4, 0.5) is 5.82 Å². The smallest absolute Gasteiger partial charge is 0.278 e. The predicted octanol–water partition coefficient (Wildman–Crippen LogP) is 3.35. The summed E-state index contributed by atoms with van der Waals surface area (Å²) in [5.74, 6) is 2.35. The van der Waals surface area contributed by atoms with Gasteiger partial charge in [-0.15, -0.1) is 10.2 Å². The minimum atomic E-state index is 0.339. The Labute approximate surface area is 164 Å². The quantitative estimate of drug-likeness (QED) is 0.534. The van der Waals surface area contributed by atoms with Crippen LogP contribution < -0.4 is 10.1 Å². The first-order chi connectivity index (χ1) is 13.7. The molecule has 8 heteroatoms. The largest absolute Gasteiger partial charge is 0.497 e. The maximum Gasteiger partial charge on any atom is 0.278 e. The number of hydrogen-bond donors (Lipinski definition) is 1. The van der Waals surface area contributed by atoms with Gasteiger partial charge in [0.05, 0.1) is 7.11 Å². The summed E-state index contributed by atoms with van der Waals surface area (Å²) in [7, 11) is 1.63. The van der Waals surface area contributed by atoms with Gasteiger partial charge in [0.1, 0.15) is 11.6 Å². The topological polar surface area (TPSA) is 89.2 Å². The standard InChI is InChI=1S/C20H26N6O2/c1-4-26(5-2)14-6-13-21-18-12-11-17(23-24-18)20-22-19(25-28-20)15-7-9-16(27-3)10-8-15/h7-12H,4-6,13-14H2,1-3H3,(H,21,24). The summed E-state index contributed by atoms with van der Waals surface area (Å²) in [6.07, 6.45) is 1.06. The van der Waals surface area contributed by atoms with Crippen molar-refractivity contribution >= 4 is 5.82 Å². The summed E-state index contributed by atoms with van der Waals surface area (Å²) in [5, 5.41) is 15.7. The molecule has 3 rings (SSSR count). The minimum absolute atomic E-state index is 0.339. The lowest BCUT2D eigenvalue weighted by Gasteiger charge is -2.17. The van der Waals surface area contributed by atoms with E-state index >= 15 is 0 Å². The second kappa shape index (κ2) is 9.80. The lowest BCUT2D eigenvalue weighted by molar-refractivity contribution is 0.303. The van der Waals surface area contributed by atoms with E-state index in [0.29, 0.717) is 17.4 Å². The molecule has 0 bridgehead atoms. The van der Waals surface area contributed by atoms with Gasteiger partial charge in [0.2, 0.25) is 5.82 Å². The van der Waals surface area contributed by atoms with Gasteiger partial charge in [0, 0.05) is 12.1 Å². The molecule has 1 aromatic carbocycles. The molecule has 2 heterocycles. The maximum atomic E-state index is 5.33. The summed E-state index contributed by atoms with van der Waals surface area (Å²) in [5.41, 5.74) is 1.39. The maximum absolute atomic E-state index is 5.33. The Morgan fingerprint density at radius 3 is 2.46 bits per heavy atom. The fourth-order valence-corrected chi connectivity index (χ4v) is 2.78. The van der Waals surface area contributed by atoms with E-state index in [-0.39, 0.29) is 0 Å². The number of nitrogens with zero attached hydrogens (tertiary/aromatic N) is 5. The highest BCUT2D eigenvalue weighted by atomic mass is 16.5. The second-order valence-electron chi connectivity index (χ2n) is 6.26. The Morgan fingerprint density at radius 2 is 1.82 bits per heavy atom. The Balaban J connectivity index is 1.57. The number of methoxy groups -OCH3 is 1. The van der Waals surface area contributed by atoms with Gasteiger partial charge in [-0.2, -0.15) is 4.98 Å². The third kappa shape index (κ3) is 5.04. The number of nitrogens with one attached hydrogen (secondary N) is 1. The predicted molar refractivity (Wildman–Crippen MR) is 108 cm³/mol. The number of benzene rings is 1. The fourth-order valence-electron chi connectivity index (χ4n) is 2.78. The molecule has 0 spiro atoms. The third-order valence-electron chi connectivity index (χ3n) is 4.51. The number of aromatic nitrogens is 4. The SMILES string of the molecule is CCN(CC)CCCNc1ccc(-c2nc(-c3ccc(OC)cc3)no2)nn1. The molecule has 0 saturated heterocycles. The molecule has 0 radical (unpaired) electrons. The second-order valence-corrected chi connectivity index (χ2v) is 6.26. The van der Waals surface area contributed by atoms with Crippen molar-refractivity contribution in [2.75, 3.05) is 38.6 Å². The Kier molecular flexibility index (Phi) is 6.91. The molecule has 0 aliphatic rings. The highest BCUT2D eigenvalue weighted by Crippen LogP contribution is 2.23. The number of rotatable bonds is 10. The summed E-state index contributed by atoms with van der Waals surface area (Å²) >= 11 is 0. The summed E-state index contributed by atoms with van der Waals surface area (Å²) in [6.45, 7) is 8.44. The van der Waals surface area contributed by atoms with Crippen LogP contribution in [0.2, 0.25) is 0 Å². The lowest BCUT2D eigenvalue weighted by Crippen LogP contribution is -2.25. The molecule has 0 aliphatic heterocycles. The molecule has 8 nitrogen and oxygen atoms in total. The van der Waals surface area contributed by atoms with Gasteiger partial charge in [-0.25, -0.2) is 0 Å². The molecule has 0 amide bonds. The van der Waals surface area contributed by atoms with Crippen molar-refractivity contribution in [1.29, 1.82) is 0 Å². The Morgan fingerprint density at radius 1 is 1.04 bits per heavy atom. The molecule has 28 heavy (non-hydrogen) atoms. The summed E-state index contributed by atoms with van der Waals surface area (Å²) in [6, 6.07) is 11.2. The Bertz CT molecular complexity index is 844. The molecule has 1 N–H and O–H groups in total. The lowest BCUT2D eigenvalue weighted by atomic mass is 10.2. The zero-order valence-electron chi connectivity index (χ0n) is 16.6. The highest BCUT2D eigenvalue weighted by Gasteiger charge is 2.12. The van der Waals surface area contributed by atoms with E-state index in [1.165, 1.54) is 0 Å². The molecule has 148 valence electrons. The van der Waals surface area contributed by atoms with E-state index in [9.17, 15) is 0 Å². The van der Waals surface area contributed by atoms with Crippen LogP contribution in [0.1, 0.15) is 20.3 Å². The van der Waals surface area contributed by atoms with Gasteiger partial charge in [-0.05, 0) is 62.5 Å². The van der Waals surface area contributed by atoms with Crippen LogP contribution in [0.15, 0.2) is 40.9 Å². The normalized spacial score (nSPS) is 11.0. The van der Waals surface area contributed by atoms with Crippen LogP contribution in [0, 0.1) is 0 Å². The van der Waals surface area contributed by atoms with Gasteiger partial charge >= 0.3 is 0 Å². The fraction of sp³-hybridized carbons (Fsp3) is 0.400. The number of ether oxygens (including phenoxy) is 1. The minimum Gasteiger partial charge on any atom is -0.497 e. The molecule has 0 atom stereocenters. The third-order valence-corrected chi connectivity index (χ3v) is 4.51. The van der Waals surface area contributed by atoms with Crippen LogP contribution in [0.5, 0.6) is 5.75 Å². The molecule has 0 aliphatic carbocycles.